The van der Waals surface area contributed by atoms with Crippen molar-refractivity contribution in [1.82, 2.24) is 4.98 Å². The molecule has 1 aromatic rings. The third-order valence-corrected chi connectivity index (χ3v) is 1.48. The number of nitrogens with one attached hydrogen (secondary N) is 1. The monoisotopic (exact) mass is 182 g/mol. The van der Waals surface area contributed by atoms with Gasteiger partial charge in [-0.2, -0.15) is 0 Å². The van der Waals surface area contributed by atoms with Crippen molar-refractivity contribution < 1.29 is 14.6 Å². The number of pyridine rings is 1. The van der Waals surface area contributed by atoms with E-state index in [-0.39, 0.29) is 6.61 Å². The molecule has 13 heavy (non-hydrogen) atoms. The van der Waals surface area contributed by atoms with E-state index in [1.165, 1.54) is 0 Å². The van der Waals surface area contributed by atoms with Gasteiger partial charge in [0.1, 0.15) is 12.4 Å². The van der Waals surface area contributed by atoms with Crippen LogP contribution in [0.5, 0.6) is 0 Å². The predicted molar refractivity (Wildman–Crippen MR) is 46.6 cm³/mol. The molecule has 0 radical (unpaired) electrons. The number of anilines is 1. The minimum absolute atomic E-state index is 0.0132. The molecule has 2 N–H and O–H groups in total. The summed E-state index contributed by atoms with van der Waals surface area (Å²) >= 11 is 0. The van der Waals surface area contributed by atoms with Crippen molar-refractivity contribution in [3.05, 3.63) is 23.9 Å². The van der Waals surface area contributed by atoms with Crippen molar-refractivity contribution >= 4 is 12.0 Å². The van der Waals surface area contributed by atoms with E-state index in [1.807, 2.05) is 0 Å². The molecular formula is C8H10N2O3. The van der Waals surface area contributed by atoms with Gasteiger partial charge < -0.3 is 15.2 Å². The van der Waals surface area contributed by atoms with Crippen LogP contribution in [0.4, 0.5) is 10.6 Å². The Kier molecular flexibility index (Phi) is 3.08. The van der Waals surface area contributed by atoms with Crippen molar-refractivity contribution in [3.8, 4) is 0 Å². The molecule has 0 bridgehead atoms. The van der Waals surface area contributed by atoms with Crippen molar-refractivity contribution in [2.75, 3.05) is 12.4 Å². The van der Waals surface area contributed by atoms with E-state index in [1.54, 1.807) is 25.4 Å². The molecule has 0 aliphatic heterocycles. The fourth-order valence-corrected chi connectivity index (χ4v) is 0.920. The molecule has 0 aliphatic carbocycles. The average Bonchev–Trinajstić information content (AvgIpc) is 2.15. The van der Waals surface area contributed by atoms with Gasteiger partial charge in [-0.15, -0.1) is 0 Å². The first-order valence-electron chi connectivity index (χ1n) is 3.71. The van der Waals surface area contributed by atoms with Crippen LogP contribution in [0.15, 0.2) is 18.3 Å². The van der Waals surface area contributed by atoms with Crippen LogP contribution in [0.2, 0.25) is 0 Å². The first-order valence-corrected chi connectivity index (χ1v) is 3.71. The molecule has 0 spiro atoms. The van der Waals surface area contributed by atoms with Crippen LogP contribution in [0, 0.1) is 0 Å². The third-order valence-electron chi connectivity index (χ3n) is 1.48. The molecule has 70 valence electrons. The minimum atomic E-state index is -1.29. The number of carboxylic acid groups (broad SMARTS) is 1. The maximum atomic E-state index is 10.1. The summed E-state index contributed by atoms with van der Waals surface area (Å²) in [6.45, 7) is 0.0132. The van der Waals surface area contributed by atoms with Gasteiger partial charge >= 0.3 is 6.16 Å². The van der Waals surface area contributed by atoms with Crippen molar-refractivity contribution in [2.45, 2.75) is 6.61 Å². The van der Waals surface area contributed by atoms with E-state index in [2.05, 4.69) is 15.0 Å². The summed E-state index contributed by atoms with van der Waals surface area (Å²) < 4.78 is 4.41. The highest BCUT2D eigenvalue weighted by Gasteiger charge is 2.03. The van der Waals surface area contributed by atoms with Gasteiger partial charge in [0.25, 0.3) is 0 Å². The highest BCUT2D eigenvalue weighted by atomic mass is 16.7. The number of hydrogen-bond donors (Lipinski definition) is 2. The second-order valence-electron chi connectivity index (χ2n) is 2.32. The second kappa shape index (κ2) is 4.30. The lowest BCUT2D eigenvalue weighted by atomic mass is 10.3. The maximum absolute atomic E-state index is 10.1. The summed E-state index contributed by atoms with van der Waals surface area (Å²) in [6.07, 6.45) is 0.335. The van der Waals surface area contributed by atoms with Crippen molar-refractivity contribution in [1.29, 1.82) is 0 Å². The van der Waals surface area contributed by atoms with Gasteiger partial charge in [-0.25, -0.2) is 9.78 Å². The number of ether oxygens (including phenoxy) is 1. The van der Waals surface area contributed by atoms with E-state index in [9.17, 15) is 4.79 Å². The SMILES string of the molecule is CNc1ncccc1COC(=O)O. The summed E-state index contributed by atoms with van der Waals surface area (Å²) in [5.74, 6) is 0.628. The summed E-state index contributed by atoms with van der Waals surface area (Å²) in [5, 5.41) is 11.1. The summed E-state index contributed by atoms with van der Waals surface area (Å²) in [5.41, 5.74) is 0.715. The van der Waals surface area contributed by atoms with Crippen LogP contribution in [0.1, 0.15) is 5.56 Å². The smallest absolute Gasteiger partial charge is 0.450 e. The molecule has 0 saturated carbocycles. The quantitative estimate of drug-likeness (QED) is 0.690. The summed E-state index contributed by atoms with van der Waals surface area (Å²) in [4.78, 5) is 14.1. The molecule has 1 rings (SSSR count). The van der Waals surface area contributed by atoms with Gasteiger partial charge in [-0.1, -0.05) is 6.07 Å². The molecular weight excluding hydrogens is 172 g/mol. The number of carbonyl (C=O) groups is 1. The lowest BCUT2D eigenvalue weighted by Crippen LogP contribution is -2.04. The molecule has 0 aliphatic rings. The molecule has 0 aromatic carbocycles. The van der Waals surface area contributed by atoms with Crippen LogP contribution < -0.4 is 5.32 Å². The van der Waals surface area contributed by atoms with E-state index < -0.39 is 6.16 Å². The second-order valence-corrected chi connectivity index (χ2v) is 2.32. The Bertz CT molecular complexity index is 301. The van der Waals surface area contributed by atoms with Crippen molar-refractivity contribution in [2.24, 2.45) is 0 Å². The molecule has 0 saturated heterocycles. The topological polar surface area (TPSA) is 71.5 Å². The Labute approximate surface area is 75.4 Å². The first kappa shape index (κ1) is 9.31. The number of hydrogen-bond acceptors (Lipinski definition) is 4. The van der Waals surface area contributed by atoms with Gasteiger partial charge in [0.15, 0.2) is 0 Å². The Morgan fingerprint density at radius 1 is 1.77 bits per heavy atom. The van der Waals surface area contributed by atoms with Crippen LogP contribution in [0.25, 0.3) is 0 Å². The molecule has 5 heteroatoms. The average molecular weight is 182 g/mol. The predicted octanol–water partition coefficient (Wildman–Crippen LogP) is 1.32. The minimum Gasteiger partial charge on any atom is -0.450 e. The lowest BCUT2D eigenvalue weighted by molar-refractivity contribution is 0.0855. The number of aromatic nitrogens is 1. The fraction of sp³-hybridized carbons (Fsp3) is 0.250. The zero-order chi connectivity index (χ0) is 9.68. The van der Waals surface area contributed by atoms with Crippen LogP contribution in [-0.4, -0.2) is 23.3 Å². The zero-order valence-corrected chi connectivity index (χ0v) is 7.15. The summed E-state index contributed by atoms with van der Waals surface area (Å²) in [7, 11) is 1.71. The van der Waals surface area contributed by atoms with E-state index in [0.29, 0.717) is 11.4 Å². The highest BCUT2D eigenvalue weighted by Crippen LogP contribution is 2.11. The molecule has 5 nitrogen and oxygen atoms in total. The first-order chi connectivity index (χ1) is 6.24. The van der Waals surface area contributed by atoms with Crippen LogP contribution >= 0.6 is 0 Å². The Morgan fingerprint density at radius 3 is 3.15 bits per heavy atom. The lowest BCUT2D eigenvalue weighted by Gasteiger charge is -2.05. The summed E-state index contributed by atoms with van der Waals surface area (Å²) in [6, 6.07) is 3.48. The van der Waals surface area contributed by atoms with Crippen LogP contribution in [0.3, 0.4) is 0 Å². The third kappa shape index (κ3) is 2.62. The normalized spacial score (nSPS) is 9.31. The Balaban J connectivity index is 2.69. The standard InChI is InChI=1S/C8H10N2O3/c1-9-7-6(3-2-4-10-7)5-13-8(11)12/h2-4H,5H2,1H3,(H,9,10)(H,11,12). The van der Waals surface area contributed by atoms with E-state index in [0.717, 1.165) is 0 Å². The van der Waals surface area contributed by atoms with Gasteiger partial charge in [-0.3, -0.25) is 0 Å². The largest absolute Gasteiger partial charge is 0.506 e. The molecule has 1 heterocycles. The molecule has 1 aromatic heterocycles. The maximum Gasteiger partial charge on any atom is 0.506 e. The van der Waals surface area contributed by atoms with Crippen molar-refractivity contribution in [3.63, 3.8) is 0 Å². The number of rotatable bonds is 3. The van der Waals surface area contributed by atoms with Gasteiger partial charge in [0.05, 0.1) is 0 Å². The van der Waals surface area contributed by atoms with Gasteiger partial charge in [-0.05, 0) is 6.07 Å². The van der Waals surface area contributed by atoms with E-state index >= 15 is 0 Å². The Morgan fingerprint density at radius 2 is 2.54 bits per heavy atom. The Hall–Kier alpha value is -1.78. The van der Waals surface area contributed by atoms with Gasteiger partial charge in [0.2, 0.25) is 0 Å². The van der Waals surface area contributed by atoms with E-state index in [4.69, 9.17) is 5.11 Å². The fourth-order valence-electron chi connectivity index (χ4n) is 0.920. The zero-order valence-electron chi connectivity index (χ0n) is 7.15. The highest BCUT2D eigenvalue weighted by molar-refractivity contribution is 5.57. The molecule has 0 atom stereocenters. The molecule has 0 amide bonds. The molecule has 0 unspecified atom stereocenters. The van der Waals surface area contributed by atoms with Crippen LogP contribution in [-0.2, 0) is 11.3 Å². The van der Waals surface area contributed by atoms with Gasteiger partial charge in [0, 0.05) is 18.8 Å². The number of nitrogens with zero attached hydrogens (tertiary/aromatic N) is 1. The molecule has 0 fully saturated rings.